The van der Waals surface area contributed by atoms with E-state index in [2.05, 4.69) is 25.5 Å². The second-order valence-corrected chi connectivity index (χ2v) is 5.19. The van der Waals surface area contributed by atoms with Crippen LogP contribution in [0.25, 0.3) is 0 Å². The van der Waals surface area contributed by atoms with Gasteiger partial charge in [-0.05, 0) is 25.1 Å². The highest BCUT2D eigenvalue weighted by atomic mass is 16.2. The van der Waals surface area contributed by atoms with Crippen LogP contribution in [0.5, 0.6) is 0 Å². The van der Waals surface area contributed by atoms with E-state index in [0.717, 1.165) is 30.0 Å². The smallest absolute Gasteiger partial charge is 0.315 e. The number of carbonyl (C=O) groups excluding carboxylic acids is 1. The van der Waals surface area contributed by atoms with E-state index < -0.39 is 0 Å². The van der Waals surface area contributed by atoms with Gasteiger partial charge >= 0.3 is 6.03 Å². The Balaban J connectivity index is 1.96. The maximum Gasteiger partial charge on any atom is 0.315 e. The van der Waals surface area contributed by atoms with Crippen molar-refractivity contribution in [3.63, 3.8) is 0 Å². The van der Waals surface area contributed by atoms with Gasteiger partial charge in [-0.1, -0.05) is 12.1 Å². The molecule has 0 atom stereocenters. The lowest BCUT2D eigenvalue weighted by atomic mass is 10.2. The summed E-state index contributed by atoms with van der Waals surface area (Å²) in [6.45, 7) is 3.75. The Hall–Kier alpha value is -2.63. The molecule has 2 aromatic heterocycles. The molecule has 0 aliphatic heterocycles. The van der Waals surface area contributed by atoms with Gasteiger partial charge in [0.1, 0.15) is 5.82 Å². The fraction of sp³-hybridized carbons (Fsp3) is 0.353. The average Bonchev–Trinajstić information content (AvgIpc) is 2.59. The van der Waals surface area contributed by atoms with E-state index >= 15 is 0 Å². The second kappa shape index (κ2) is 8.73. The highest BCUT2D eigenvalue weighted by Crippen LogP contribution is 2.16. The Morgan fingerprint density at radius 3 is 2.70 bits per heavy atom. The third-order valence-corrected chi connectivity index (χ3v) is 3.44. The normalized spacial score (nSPS) is 10.2. The van der Waals surface area contributed by atoms with Crippen molar-refractivity contribution in [3.05, 3.63) is 54.0 Å². The summed E-state index contributed by atoms with van der Waals surface area (Å²) < 4.78 is 0. The summed E-state index contributed by atoms with van der Waals surface area (Å²) in [6.07, 6.45) is 4.41. The van der Waals surface area contributed by atoms with Gasteiger partial charge in [0.05, 0.1) is 0 Å². The largest absolute Gasteiger partial charge is 0.359 e. The van der Waals surface area contributed by atoms with Crippen molar-refractivity contribution < 1.29 is 4.79 Å². The predicted molar refractivity (Wildman–Crippen MR) is 91.4 cm³/mol. The molecule has 2 aromatic rings. The third kappa shape index (κ3) is 5.25. The summed E-state index contributed by atoms with van der Waals surface area (Å²) in [5, 5.41) is 5.56. The lowest BCUT2D eigenvalue weighted by Gasteiger charge is -2.21. The molecular weight excluding hydrogens is 290 g/mol. The minimum atomic E-state index is -0.168. The summed E-state index contributed by atoms with van der Waals surface area (Å²) in [5.41, 5.74) is 2.04. The minimum Gasteiger partial charge on any atom is -0.359 e. The number of nitrogens with zero attached hydrogens (tertiary/aromatic N) is 3. The number of rotatable bonds is 7. The van der Waals surface area contributed by atoms with Crippen molar-refractivity contribution in [2.45, 2.75) is 19.9 Å². The highest BCUT2D eigenvalue weighted by molar-refractivity contribution is 5.73. The van der Waals surface area contributed by atoms with Crippen molar-refractivity contribution in [1.29, 1.82) is 0 Å². The van der Waals surface area contributed by atoms with Crippen molar-refractivity contribution in [2.75, 3.05) is 25.0 Å². The van der Waals surface area contributed by atoms with Crippen LogP contribution in [0.2, 0.25) is 0 Å². The maximum absolute atomic E-state index is 11.5. The molecule has 122 valence electrons. The van der Waals surface area contributed by atoms with Crippen molar-refractivity contribution in [1.82, 2.24) is 20.6 Å². The molecule has 0 aliphatic carbocycles. The molecule has 0 unspecified atom stereocenters. The first-order valence-electron chi connectivity index (χ1n) is 7.77. The van der Waals surface area contributed by atoms with E-state index in [-0.39, 0.29) is 6.03 Å². The zero-order chi connectivity index (χ0) is 16.5. The molecule has 2 heterocycles. The van der Waals surface area contributed by atoms with Gasteiger partial charge in [0.2, 0.25) is 0 Å². The molecule has 0 saturated heterocycles. The van der Waals surface area contributed by atoms with Crippen LogP contribution in [0.1, 0.15) is 18.2 Å². The number of carbonyl (C=O) groups is 1. The molecule has 0 fully saturated rings. The number of pyridine rings is 2. The first-order chi connectivity index (χ1) is 11.2. The van der Waals surface area contributed by atoms with Crippen LogP contribution in [0.4, 0.5) is 10.6 Å². The molecule has 0 saturated carbocycles. The number of aromatic nitrogens is 2. The van der Waals surface area contributed by atoms with Crippen LogP contribution in [-0.4, -0.2) is 36.1 Å². The molecule has 0 radical (unpaired) electrons. The molecule has 6 nitrogen and oxygen atoms in total. The maximum atomic E-state index is 11.5. The monoisotopic (exact) mass is 313 g/mol. The van der Waals surface area contributed by atoms with E-state index in [1.807, 2.05) is 44.3 Å². The Labute approximate surface area is 137 Å². The summed E-state index contributed by atoms with van der Waals surface area (Å²) in [7, 11) is 2.00. The van der Waals surface area contributed by atoms with Gasteiger partial charge in [0, 0.05) is 56.8 Å². The predicted octanol–water partition coefficient (Wildman–Crippen LogP) is 1.97. The van der Waals surface area contributed by atoms with Gasteiger partial charge in [0.15, 0.2) is 0 Å². The topological polar surface area (TPSA) is 70.2 Å². The van der Waals surface area contributed by atoms with E-state index in [1.54, 1.807) is 12.4 Å². The van der Waals surface area contributed by atoms with Crippen LogP contribution in [0.15, 0.2) is 42.7 Å². The molecule has 0 spiro atoms. The quantitative estimate of drug-likeness (QED) is 0.820. The van der Waals surface area contributed by atoms with Gasteiger partial charge in [-0.15, -0.1) is 0 Å². The molecule has 0 bridgehead atoms. The molecular formula is C17H23N5O. The van der Waals surface area contributed by atoms with E-state index in [0.29, 0.717) is 13.1 Å². The number of hydrogen-bond donors (Lipinski definition) is 2. The number of hydrogen-bond acceptors (Lipinski definition) is 4. The average molecular weight is 313 g/mol. The van der Waals surface area contributed by atoms with E-state index in [1.165, 1.54) is 0 Å². The lowest BCUT2D eigenvalue weighted by molar-refractivity contribution is 0.241. The Morgan fingerprint density at radius 2 is 1.96 bits per heavy atom. The molecule has 2 amide bonds. The molecule has 0 aromatic carbocycles. The zero-order valence-corrected chi connectivity index (χ0v) is 13.6. The first kappa shape index (κ1) is 16.7. The van der Waals surface area contributed by atoms with Crippen LogP contribution < -0.4 is 15.5 Å². The zero-order valence-electron chi connectivity index (χ0n) is 13.6. The van der Waals surface area contributed by atoms with Crippen molar-refractivity contribution in [2.24, 2.45) is 0 Å². The van der Waals surface area contributed by atoms with Gasteiger partial charge in [0.25, 0.3) is 0 Å². The SMILES string of the molecule is CCNC(=O)NCc1cccnc1N(C)CCc1ccccn1. The van der Waals surface area contributed by atoms with Crippen molar-refractivity contribution >= 4 is 11.8 Å². The van der Waals surface area contributed by atoms with Gasteiger partial charge in [-0.3, -0.25) is 4.98 Å². The minimum absolute atomic E-state index is 0.168. The van der Waals surface area contributed by atoms with E-state index in [9.17, 15) is 4.79 Å². The van der Waals surface area contributed by atoms with Crippen LogP contribution in [0, 0.1) is 0 Å². The van der Waals surface area contributed by atoms with Crippen LogP contribution in [0.3, 0.4) is 0 Å². The fourth-order valence-electron chi connectivity index (χ4n) is 2.24. The highest BCUT2D eigenvalue weighted by Gasteiger charge is 2.10. The third-order valence-electron chi connectivity index (χ3n) is 3.44. The molecule has 6 heteroatoms. The van der Waals surface area contributed by atoms with Crippen molar-refractivity contribution in [3.8, 4) is 0 Å². The Kier molecular flexibility index (Phi) is 6.35. The number of amides is 2. The van der Waals surface area contributed by atoms with Crippen LogP contribution >= 0.6 is 0 Å². The summed E-state index contributed by atoms with van der Waals surface area (Å²) in [6, 6.07) is 9.61. The molecule has 2 rings (SSSR count). The number of likely N-dealkylation sites (N-methyl/N-ethyl adjacent to an activating group) is 1. The Morgan fingerprint density at radius 1 is 1.13 bits per heavy atom. The van der Waals surface area contributed by atoms with Gasteiger partial charge < -0.3 is 15.5 Å². The molecule has 2 N–H and O–H groups in total. The molecule has 0 aliphatic rings. The van der Waals surface area contributed by atoms with E-state index in [4.69, 9.17) is 0 Å². The van der Waals surface area contributed by atoms with Gasteiger partial charge in [-0.2, -0.15) is 0 Å². The molecule has 23 heavy (non-hydrogen) atoms. The first-order valence-corrected chi connectivity index (χ1v) is 7.77. The van der Waals surface area contributed by atoms with Gasteiger partial charge in [-0.25, -0.2) is 9.78 Å². The number of nitrogens with one attached hydrogen (secondary N) is 2. The fourth-order valence-corrected chi connectivity index (χ4v) is 2.24. The number of anilines is 1. The number of urea groups is 1. The van der Waals surface area contributed by atoms with Crippen LogP contribution in [-0.2, 0) is 13.0 Å². The summed E-state index contributed by atoms with van der Waals surface area (Å²) in [5.74, 6) is 0.875. The lowest BCUT2D eigenvalue weighted by Crippen LogP contribution is -2.35. The standard InChI is InChI=1S/C17H23N5O/c1-3-18-17(23)21-13-14-7-6-11-20-16(14)22(2)12-9-15-8-4-5-10-19-15/h4-8,10-11H,3,9,12-13H2,1-2H3,(H2,18,21,23). The summed E-state index contributed by atoms with van der Waals surface area (Å²) in [4.78, 5) is 22.4. The second-order valence-electron chi connectivity index (χ2n) is 5.19. The Bertz CT molecular complexity index is 617. The summed E-state index contributed by atoms with van der Waals surface area (Å²) >= 11 is 0.